The van der Waals surface area contributed by atoms with E-state index >= 15 is 0 Å². The van der Waals surface area contributed by atoms with Crippen molar-refractivity contribution in [1.29, 1.82) is 5.26 Å². The normalized spacial score (nSPS) is 16.4. The summed E-state index contributed by atoms with van der Waals surface area (Å²) in [6.45, 7) is 3.31. The molecule has 1 fully saturated rings. The maximum atomic E-state index is 12.4. The summed E-state index contributed by atoms with van der Waals surface area (Å²) in [6, 6.07) is 8.03. The molecule has 1 saturated heterocycles. The summed E-state index contributed by atoms with van der Waals surface area (Å²) in [5.41, 5.74) is 1.74. The minimum absolute atomic E-state index is 0.0742. The van der Waals surface area contributed by atoms with E-state index in [1.165, 1.54) is 0 Å². The Morgan fingerprint density at radius 1 is 1.44 bits per heavy atom. The molecule has 2 rings (SSSR count). The van der Waals surface area contributed by atoms with Gasteiger partial charge in [-0.3, -0.25) is 4.79 Å². The van der Waals surface area contributed by atoms with E-state index in [9.17, 15) is 4.79 Å². The second-order valence-corrected chi connectivity index (χ2v) is 5.57. The number of nitrogens with zero attached hydrogens (tertiary/aromatic N) is 2. The van der Waals surface area contributed by atoms with E-state index in [2.05, 4.69) is 22.0 Å². The molecule has 1 aromatic rings. The third-order valence-corrected chi connectivity index (χ3v) is 3.89. The summed E-state index contributed by atoms with van der Waals surface area (Å²) < 4.78 is 0.920. The van der Waals surface area contributed by atoms with Crippen molar-refractivity contribution in [2.24, 2.45) is 5.92 Å². The average Bonchev–Trinajstić information content (AvgIpc) is 2.41. The van der Waals surface area contributed by atoms with Crippen molar-refractivity contribution in [2.45, 2.75) is 19.8 Å². The van der Waals surface area contributed by atoms with Gasteiger partial charge in [0.2, 0.25) is 0 Å². The summed E-state index contributed by atoms with van der Waals surface area (Å²) in [5, 5.41) is 8.85. The molecule has 0 N–H and O–H groups in total. The highest BCUT2D eigenvalue weighted by Crippen LogP contribution is 2.21. The standard InChI is InChI=1S/C14H15BrN2O/c1-10-2-3-12(15)8-13(10)14(18)17-6-4-11(9-16)5-7-17/h2-3,8,11H,4-7H2,1H3. The van der Waals surface area contributed by atoms with Gasteiger partial charge in [-0.25, -0.2) is 0 Å². The van der Waals surface area contributed by atoms with Crippen LogP contribution in [-0.4, -0.2) is 23.9 Å². The zero-order valence-corrected chi connectivity index (χ0v) is 11.9. The average molecular weight is 307 g/mol. The Bertz CT molecular complexity index is 499. The number of aryl methyl sites for hydroxylation is 1. The molecule has 0 aromatic heterocycles. The number of halogens is 1. The molecule has 0 atom stereocenters. The number of likely N-dealkylation sites (tertiary alicyclic amines) is 1. The van der Waals surface area contributed by atoms with Crippen LogP contribution in [0.4, 0.5) is 0 Å². The lowest BCUT2D eigenvalue weighted by atomic mass is 9.97. The van der Waals surface area contributed by atoms with Gasteiger partial charge in [-0.1, -0.05) is 22.0 Å². The Kier molecular flexibility index (Phi) is 4.03. The summed E-state index contributed by atoms with van der Waals surface area (Å²) in [7, 11) is 0. The van der Waals surface area contributed by atoms with Crippen LogP contribution in [0.3, 0.4) is 0 Å². The van der Waals surface area contributed by atoms with Crippen molar-refractivity contribution < 1.29 is 4.79 Å². The van der Waals surface area contributed by atoms with Gasteiger partial charge in [-0.05, 0) is 37.5 Å². The SMILES string of the molecule is Cc1ccc(Br)cc1C(=O)N1CCC(C#N)CC1. The maximum absolute atomic E-state index is 12.4. The number of hydrogen-bond acceptors (Lipinski definition) is 2. The predicted octanol–water partition coefficient (Wildman–Crippen LogP) is 3.13. The zero-order valence-electron chi connectivity index (χ0n) is 10.3. The topological polar surface area (TPSA) is 44.1 Å². The monoisotopic (exact) mass is 306 g/mol. The van der Waals surface area contributed by atoms with Crippen LogP contribution < -0.4 is 0 Å². The highest BCUT2D eigenvalue weighted by molar-refractivity contribution is 9.10. The fraction of sp³-hybridized carbons (Fsp3) is 0.429. The smallest absolute Gasteiger partial charge is 0.254 e. The molecule has 1 aliphatic heterocycles. The highest BCUT2D eigenvalue weighted by Gasteiger charge is 2.24. The molecule has 1 heterocycles. The van der Waals surface area contributed by atoms with Crippen LogP contribution in [0.5, 0.6) is 0 Å². The first-order chi connectivity index (χ1) is 8.61. The third kappa shape index (κ3) is 2.73. The fourth-order valence-corrected chi connectivity index (χ4v) is 2.57. The van der Waals surface area contributed by atoms with E-state index in [0.717, 1.165) is 28.4 Å². The number of nitriles is 1. The van der Waals surface area contributed by atoms with E-state index in [1.807, 2.05) is 30.0 Å². The molecular formula is C14H15BrN2O. The zero-order chi connectivity index (χ0) is 13.1. The van der Waals surface area contributed by atoms with Gasteiger partial charge >= 0.3 is 0 Å². The summed E-state index contributed by atoms with van der Waals surface area (Å²) >= 11 is 3.40. The van der Waals surface area contributed by atoms with Crippen molar-refractivity contribution in [3.8, 4) is 6.07 Å². The summed E-state index contributed by atoms with van der Waals surface area (Å²) in [6.07, 6.45) is 1.57. The molecule has 1 aliphatic rings. The molecule has 94 valence electrons. The summed E-state index contributed by atoms with van der Waals surface area (Å²) in [4.78, 5) is 14.2. The van der Waals surface area contributed by atoms with Crippen LogP contribution in [0, 0.1) is 24.2 Å². The molecule has 0 saturated carbocycles. The molecule has 0 aliphatic carbocycles. The van der Waals surface area contributed by atoms with Crippen molar-refractivity contribution >= 4 is 21.8 Å². The van der Waals surface area contributed by atoms with Gasteiger partial charge in [-0.2, -0.15) is 5.26 Å². The minimum atomic E-state index is 0.0742. The quantitative estimate of drug-likeness (QED) is 0.800. The van der Waals surface area contributed by atoms with Crippen LogP contribution in [-0.2, 0) is 0 Å². The van der Waals surface area contributed by atoms with Crippen molar-refractivity contribution in [3.05, 3.63) is 33.8 Å². The lowest BCUT2D eigenvalue weighted by Crippen LogP contribution is -2.38. The molecular weight excluding hydrogens is 292 g/mol. The van der Waals surface area contributed by atoms with E-state index in [1.54, 1.807) is 0 Å². The first kappa shape index (κ1) is 13.1. The van der Waals surface area contributed by atoms with Crippen molar-refractivity contribution in [3.63, 3.8) is 0 Å². The summed E-state index contributed by atoms with van der Waals surface area (Å²) in [5.74, 6) is 0.183. The number of amides is 1. The number of hydrogen-bond donors (Lipinski definition) is 0. The predicted molar refractivity (Wildman–Crippen MR) is 73.1 cm³/mol. The number of piperidine rings is 1. The van der Waals surface area contributed by atoms with Gasteiger partial charge in [-0.15, -0.1) is 0 Å². The lowest BCUT2D eigenvalue weighted by Gasteiger charge is -2.29. The van der Waals surface area contributed by atoms with E-state index in [-0.39, 0.29) is 11.8 Å². The molecule has 0 radical (unpaired) electrons. The van der Waals surface area contributed by atoms with Crippen LogP contribution in [0.15, 0.2) is 22.7 Å². The van der Waals surface area contributed by atoms with Gasteiger partial charge in [0, 0.05) is 29.0 Å². The van der Waals surface area contributed by atoms with Crippen LogP contribution >= 0.6 is 15.9 Å². The first-order valence-corrected chi connectivity index (χ1v) is 6.86. The van der Waals surface area contributed by atoms with E-state index < -0.39 is 0 Å². The van der Waals surface area contributed by atoms with Gasteiger partial charge in [0.25, 0.3) is 5.91 Å². The Balaban J connectivity index is 2.13. The van der Waals surface area contributed by atoms with E-state index in [4.69, 9.17) is 5.26 Å². The Labute approximate surface area is 116 Å². The largest absolute Gasteiger partial charge is 0.339 e. The van der Waals surface area contributed by atoms with Crippen molar-refractivity contribution in [2.75, 3.05) is 13.1 Å². The first-order valence-electron chi connectivity index (χ1n) is 6.07. The molecule has 3 nitrogen and oxygen atoms in total. The third-order valence-electron chi connectivity index (χ3n) is 3.39. The fourth-order valence-electron chi connectivity index (χ4n) is 2.21. The molecule has 1 amide bonds. The maximum Gasteiger partial charge on any atom is 0.254 e. The minimum Gasteiger partial charge on any atom is -0.339 e. The van der Waals surface area contributed by atoms with Gasteiger partial charge in [0.15, 0.2) is 0 Å². The number of rotatable bonds is 1. The highest BCUT2D eigenvalue weighted by atomic mass is 79.9. The van der Waals surface area contributed by atoms with Crippen LogP contribution in [0.2, 0.25) is 0 Å². The van der Waals surface area contributed by atoms with Gasteiger partial charge in [0.05, 0.1) is 6.07 Å². The Hall–Kier alpha value is -1.34. The second-order valence-electron chi connectivity index (χ2n) is 4.65. The molecule has 0 spiro atoms. The Morgan fingerprint density at radius 2 is 2.11 bits per heavy atom. The van der Waals surface area contributed by atoms with Crippen LogP contribution in [0.1, 0.15) is 28.8 Å². The number of carbonyl (C=O) groups excluding carboxylic acids is 1. The Morgan fingerprint density at radius 3 is 2.72 bits per heavy atom. The lowest BCUT2D eigenvalue weighted by molar-refractivity contribution is 0.0706. The van der Waals surface area contributed by atoms with Crippen LogP contribution in [0.25, 0.3) is 0 Å². The van der Waals surface area contributed by atoms with E-state index in [0.29, 0.717) is 13.1 Å². The molecule has 18 heavy (non-hydrogen) atoms. The van der Waals surface area contributed by atoms with Gasteiger partial charge in [0.1, 0.15) is 0 Å². The molecule has 0 unspecified atom stereocenters. The van der Waals surface area contributed by atoms with Crippen molar-refractivity contribution in [1.82, 2.24) is 4.90 Å². The van der Waals surface area contributed by atoms with Gasteiger partial charge < -0.3 is 4.90 Å². The number of benzene rings is 1. The second kappa shape index (κ2) is 5.53. The molecule has 1 aromatic carbocycles. The number of carbonyl (C=O) groups is 1. The molecule has 4 heteroatoms. The molecule has 0 bridgehead atoms.